The number of amides is 2. The van der Waals surface area contributed by atoms with Crippen molar-refractivity contribution in [3.05, 3.63) is 23.3 Å². The third-order valence-corrected chi connectivity index (χ3v) is 5.96. The normalized spacial score (nSPS) is 15.4. The molecule has 0 atom stereocenters. The van der Waals surface area contributed by atoms with E-state index in [4.69, 9.17) is 0 Å². The molecule has 1 aliphatic rings. The van der Waals surface area contributed by atoms with Crippen LogP contribution in [0.5, 0.6) is 0 Å². The first kappa shape index (κ1) is 17.8. The molecule has 1 aliphatic heterocycles. The maximum Gasteiger partial charge on any atom is 0.286 e. The Morgan fingerprint density at radius 1 is 1.26 bits per heavy atom. The third kappa shape index (κ3) is 3.37. The zero-order valence-electron chi connectivity index (χ0n) is 13.5. The maximum absolute atomic E-state index is 12.2. The minimum atomic E-state index is -3.84. The summed E-state index contributed by atoms with van der Waals surface area (Å²) < 4.78 is 26.2. The highest BCUT2D eigenvalue weighted by Gasteiger charge is 2.36. The molecule has 0 saturated heterocycles. The number of thioether (sulfide) groups is 1. The van der Waals surface area contributed by atoms with Crippen molar-refractivity contribution in [1.82, 2.24) is 9.62 Å². The minimum Gasteiger partial charge on any atom is -0.334 e. The predicted molar refractivity (Wildman–Crippen MR) is 89.4 cm³/mol. The van der Waals surface area contributed by atoms with Gasteiger partial charge in [0.05, 0.1) is 5.56 Å². The van der Waals surface area contributed by atoms with Crippen molar-refractivity contribution in [2.75, 3.05) is 13.1 Å². The topological polar surface area (TPSA) is 83.6 Å². The third-order valence-electron chi connectivity index (χ3n) is 3.70. The van der Waals surface area contributed by atoms with E-state index >= 15 is 0 Å². The number of benzene rings is 1. The molecular formula is C15H20N2O4S2. The fourth-order valence-electron chi connectivity index (χ4n) is 2.46. The fraction of sp³-hybridized carbons (Fsp3) is 0.467. The van der Waals surface area contributed by atoms with Gasteiger partial charge >= 0.3 is 0 Å². The average molecular weight is 356 g/mol. The molecule has 0 fully saturated rings. The molecule has 0 unspecified atom stereocenters. The van der Waals surface area contributed by atoms with Gasteiger partial charge in [0.25, 0.3) is 21.2 Å². The Morgan fingerprint density at radius 2 is 1.87 bits per heavy atom. The van der Waals surface area contributed by atoms with Crippen LogP contribution in [-0.4, -0.2) is 37.6 Å². The smallest absolute Gasteiger partial charge is 0.286 e. The number of nitrogens with one attached hydrogen (secondary N) is 1. The van der Waals surface area contributed by atoms with Gasteiger partial charge < -0.3 is 4.90 Å². The largest absolute Gasteiger partial charge is 0.334 e. The molecule has 1 aromatic rings. The number of sulfonamides is 1. The molecule has 0 aliphatic carbocycles. The number of nitrogens with zero attached hydrogens (tertiary/aromatic N) is 1. The first-order valence-corrected chi connectivity index (χ1v) is 9.73. The molecular weight excluding hydrogens is 336 g/mol. The van der Waals surface area contributed by atoms with E-state index in [-0.39, 0.29) is 21.6 Å². The molecule has 0 spiro atoms. The maximum atomic E-state index is 12.2. The van der Waals surface area contributed by atoms with Crippen molar-refractivity contribution < 1.29 is 18.0 Å². The van der Waals surface area contributed by atoms with Gasteiger partial charge in [0.1, 0.15) is 4.90 Å². The second-order valence-corrected chi connectivity index (χ2v) is 8.19. The molecule has 0 saturated carbocycles. The number of fused-ring (bicyclic) bond motifs is 1. The lowest BCUT2D eigenvalue weighted by atomic mass is 9.97. The summed E-state index contributed by atoms with van der Waals surface area (Å²) in [4.78, 5) is 26.4. The van der Waals surface area contributed by atoms with Crippen molar-refractivity contribution in [2.24, 2.45) is 0 Å². The molecule has 8 heteroatoms. The predicted octanol–water partition coefficient (Wildman–Crippen LogP) is 2.80. The quantitative estimate of drug-likeness (QED) is 0.839. The van der Waals surface area contributed by atoms with Crippen molar-refractivity contribution in [3.8, 4) is 0 Å². The summed E-state index contributed by atoms with van der Waals surface area (Å²) in [7, 11) is -3.84. The molecule has 2 rings (SSSR count). The summed E-state index contributed by atoms with van der Waals surface area (Å²) in [5.74, 6) is -0.637. The Labute approximate surface area is 140 Å². The van der Waals surface area contributed by atoms with Crippen LogP contribution in [-0.2, 0) is 10.0 Å². The molecule has 1 aromatic carbocycles. The zero-order chi connectivity index (χ0) is 17.4. The molecule has 0 bridgehead atoms. The molecule has 126 valence electrons. The molecule has 0 radical (unpaired) electrons. The van der Waals surface area contributed by atoms with Crippen LogP contribution in [0.3, 0.4) is 0 Å². The Hall–Kier alpha value is -1.54. The minimum absolute atomic E-state index is 0.0353. The van der Waals surface area contributed by atoms with Crippen LogP contribution in [0.2, 0.25) is 0 Å². The molecule has 6 nitrogen and oxygen atoms in total. The average Bonchev–Trinajstić information content (AvgIpc) is 2.69. The van der Waals surface area contributed by atoms with Crippen LogP contribution in [0.25, 0.3) is 0 Å². The monoisotopic (exact) mass is 356 g/mol. The second kappa shape index (κ2) is 6.52. The van der Waals surface area contributed by atoms with E-state index in [1.54, 1.807) is 11.0 Å². The van der Waals surface area contributed by atoms with Crippen molar-refractivity contribution in [2.45, 2.75) is 43.4 Å². The van der Waals surface area contributed by atoms with Crippen LogP contribution in [0.15, 0.2) is 21.9 Å². The van der Waals surface area contributed by atoms with Crippen molar-refractivity contribution in [1.29, 1.82) is 0 Å². The van der Waals surface area contributed by atoms with E-state index in [0.29, 0.717) is 23.5 Å². The lowest BCUT2D eigenvalue weighted by molar-refractivity contribution is 0.0983. The fourth-order valence-corrected chi connectivity index (χ4v) is 4.70. The van der Waals surface area contributed by atoms with E-state index in [9.17, 15) is 18.0 Å². The Morgan fingerprint density at radius 3 is 2.39 bits per heavy atom. The number of rotatable bonds is 4. The summed E-state index contributed by atoms with van der Waals surface area (Å²) in [5.41, 5.74) is 0.829. The molecule has 0 aromatic heterocycles. The van der Waals surface area contributed by atoms with Gasteiger partial charge in [-0.25, -0.2) is 13.1 Å². The number of carbonyl (C=O) groups is 2. The highest BCUT2D eigenvalue weighted by Crippen LogP contribution is 2.35. The van der Waals surface area contributed by atoms with Gasteiger partial charge in [-0.3, -0.25) is 9.59 Å². The van der Waals surface area contributed by atoms with Crippen LogP contribution in [0.4, 0.5) is 4.79 Å². The molecule has 1 N–H and O–H groups in total. The van der Waals surface area contributed by atoms with E-state index < -0.39 is 15.9 Å². The Kier molecular flexibility index (Phi) is 5.05. The molecule has 1 heterocycles. The number of carbonyl (C=O) groups excluding carboxylic acids is 2. The SMILES string of the molecule is CCN(CC)C(=O)Sc1cc(C(C)C)c2c(c1)S(=O)(=O)NC2=O. The lowest BCUT2D eigenvalue weighted by Crippen LogP contribution is -2.26. The Bertz CT molecular complexity index is 753. The van der Waals surface area contributed by atoms with Gasteiger partial charge in [-0.2, -0.15) is 0 Å². The number of hydrogen-bond donors (Lipinski definition) is 1. The summed E-state index contributed by atoms with van der Waals surface area (Å²) >= 11 is 0.984. The van der Waals surface area contributed by atoms with Gasteiger partial charge in [0.2, 0.25) is 0 Å². The molecule has 2 amide bonds. The highest BCUT2D eigenvalue weighted by atomic mass is 32.2. The molecule has 23 heavy (non-hydrogen) atoms. The van der Waals surface area contributed by atoms with Crippen LogP contribution in [0, 0.1) is 0 Å². The summed E-state index contributed by atoms with van der Waals surface area (Å²) in [6.07, 6.45) is 0. The van der Waals surface area contributed by atoms with E-state index in [2.05, 4.69) is 0 Å². The van der Waals surface area contributed by atoms with E-state index in [1.807, 2.05) is 32.4 Å². The number of hydrogen-bond acceptors (Lipinski definition) is 5. The lowest BCUT2D eigenvalue weighted by Gasteiger charge is -2.18. The first-order chi connectivity index (χ1) is 10.7. The Balaban J connectivity index is 2.51. The van der Waals surface area contributed by atoms with Gasteiger partial charge in [0, 0.05) is 18.0 Å². The van der Waals surface area contributed by atoms with Gasteiger partial charge in [-0.05, 0) is 49.2 Å². The van der Waals surface area contributed by atoms with Gasteiger partial charge in [-0.1, -0.05) is 13.8 Å². The van der Waals surface area contributed by atoms with Crippen molar-refractivity contribution in [3.63, 3.8) is 0 Å². The van der Waals surface area contributed by atoms with Crippen LogP contribution >= 0.6 is 11.8 Å². The van der Waals surface area contributed by atoms with Crippen molar-refractivity contribution >= 4 is 32.9 Å². The van der Waals surface area contributed by atoms with Gasteiger partial charge in [0.15, 0.2) is 0 Å². The van der Waals surface area contributed by atoms with E-state index in [0.717, 1.165) is 11.8 Å². The summed E-state index contributed by atoms with van der Waals surface area (Å²) in [5, 5.41) is -0.140. The summed E-state index contributed by atoms with van der Waals surface area (Å²) in [6.45, 7) is 8.71. The second-order valence-electron chi connectivity index (χ2n) is 5.52. The van der Waals surface area contributed by atoms with E-state index in [1.165, 1.54) is 6.07 Å². The van der Waals surface area contributed by atoms with Crippen LogP contribution < -0.4 is 4.72 Å². The first-order valence-electron chi connectivity index (χ1n) is 7.43. The van der Waals surface area contributed by atoms with Crippen LogP contribution in [0.1, 0.15) is 49.5 Å². The highest BCUT2D eigenvalue weighted by molar-refractivity contribution is 8.13. The zero-order valence-corrected chi connectivity index (χ0v) is 15.2. The van der Waals surface area contributed by atoms with Gasteiger partial charge in [-0.15, -0.1) is 0 Å². The summed E-state index contributed by atoms with van der Waals surface area (Å²) in [6, 6.07) is 3.14. The standard InChI is InChI=1S/C15H20N2O4S2/c1-5-17(6-2)15(19)22-10-7-11(9(3)4)13-12(8-10)23(20,21)16-14(13)18/h7-9H,5-6H2,1-4H3,(H,16,18).